The number of sulfonamides is 1. The van der Waals surface area contributed by atoms with Crippen LogP contribution in [0.2, 0.25) is 0 Å². The van der Waals surface area contributed by atoms with Crippen LogP contribution in [-0.2, 0) is 21.4 Å². The number of carbonyl (C=O) groups is 1. The lowest BCUT2D eigenvalue weighted by atomic mass is 10.1. The van der Waals surface area contributed by atoms with E-state index in [0.717, 1.165) is 5.56 Å². The van der Waals surface area contributed by atoms with E-state index in [2.05, 4.69) is 10.0 Å². The Morgan fingerprint density at radius 1 is 0.933 bits per heavy atom. The molecule has 0 aliphatic rings. The molecule has 7 heteroatoms. The fraction of sp³-hybridized carbons (Fsp3) is 0.174. The van der Waals surface area contributed by atoms with Crippen LogP contribution in [0.5, 0.6) is 0 Å². The second-order valence-electron chi connectivity index (χ2n) is 6.75. The molecular formula is C23H24N2O4S. The van der Waals surface area contributed by atoms with Crippen molar-refractivity contribution in [2.24, 2.45) is 0 Å². The molecular weight excluding hydrogens is 400 g/mol. The number of benzene rings is 3. The lowest BCUT2D eigenvalue weighted by molar-refractivity contribution is 0.0900. The summed E-state index contributed by atoms with van der Waals surface area (Å²) < 4.78 is 33.6. The van der Waals surface area contributed by atoms with E-state index in [1.807, 2.05) is 30.3 Å². The molecule has 2 N–H and O–H groups in total. The van der Waals surface area contributed by atoms with Gasteiger partial charge in [0.1, 0.15) is 0 Å². The summed E-state index contributed by atoms with van der Waals surface area (Å²) in [5, 5.41) is 2.75. The molecule has 1 amide bonds. The highest BCUT2D eigenvalue weighted by molar-refractivity contribution is 7.92. The lowest BCUT2D eigenvalue weighted by Crippen LogP contribution is -2.27. The van der Waals surface area contributed by atoms with Crippen molar-refractivity contribution in [2.45, 2.75) is 18.4 Å². The minimum absolute atomic E-state index is 0.0688. The van der Waals surface area contributed by atoms with E-state index in [-0.39, 0.29) is 16.4 Å². The Balaban J connectivity index is 1.59. The zero-order valence-corrected chi connectivity index (χ0v) is 17.5. The Morgan fingerprint density at radius 2 is 1.60 bits per heavy atom. The Hall–Kier alpha value is -3.16. The van der Waals surface area contributed by atoms with Gasteiger partial charge in [0, 0.05) is 17.8 Å². The van der Waals surface area contributed by atoms with Gasteiger partial charge in [0.05, 0.1) is 18.1 Å². The van der Waals surface area contributed by atoms with Crippen molar-refractivity contribution < 1.29 is 17.9 Å². The van der Waals surface area contributed by atoms with Crippen LogP contribution in [0.3, 0.4) is 0 Å². The highest BCUT2D eigenvalue weighted by Gasteiger charge is 2.19. The molecule has 3 rings (SSSR count). The maximum atomic E-state index is 12.8. The quantitative estimate of drug-likeness (QED) is 0.513. The molecule has 0 spiro atoms. The summed E-state index contributed by atoms with van der Waals surface area (Å²) in [6.07, 6.45) is 0. The van der Waals surface area contributed by atoms with Gasteiger partial charge in [0.25, 0.3) is 15.9 Å². The fourth-order valence-electron chi connectivity index (χ4n) is 2.85. The van der Waals surface area contributed by atoms with Crippen molar-refractivity contribution in [2.75, 3.05) is 17.9 Å². The third kappa shape index (κ3) is 5.92. The van der Waals surface area contributed by atoms with E-state index in [0.29, 0.717) is 31.0 Å². The Bertz CT molecular complexity index is 1080. The number of amides is 1. The van der Waals surface area contributed by atoms with Gasteiger partial charge in [-0.1, -0.05) is 54.6 Å². The summed E-state index contributed by atoms with van der Waals surface area (Å²) in [5.41, 5.74) is 2.35. The molecule has 3 aromatic carbocycles. The molecule has 0 fully saturated rings. The van der Waals surface area contributed by atoms with Gasteiger partial charge in [0.2, 0.25) is 0 Å². The van der Waals surface area contributed by atoms with E-state index in [9.17, 15) is 13.2 Å². The van der Waals surface area contributed by atoms with Crippen molar-refractivity contribution >= 4 is 21.6 Å². The maximum absolute atomic E-state index is 12.8. The molecule has 30 heavy (non-hydrogen) atoms. The molecule has 0 aliphatic carbocycles. The number of para-hydroxylation sites is 1. The van der Waals surface area contributed by atoms with Crippen LogP contribution in [0.15, 0.2) is 83.8 Å². The van der Waals surface area contributed by atoms with E-state index in [1.165, 1.54) is 6.07 Å². The van der Waals surface area contributed by atoms with Gasteiger partial charge in [-0.15, -0.1) is 0 Å². The van der Waals surface area contributed by atoms with Gasteiger partial charge >= 0.3 is 0 Å². The number of carbonyl (C=O) groups excluding carboxylic acids is 1. The van der Waals surface area contributed by atoms with Crippen LogP contribution >= 0.6 is 0 Å². The first-order valence-corrected chi connectivity index (χ1v) is 11.0. The first-order chi connectivity index (χ1) is 14.5. The summed E-state index contributed by atoms with van der Waals surface area (Å²) in [4.78, 5) is 12.5. The highest BCUT2D eigenvalue weighted by Crippen LogP contribution is 2.20. The van der Waals surface area contributed by atoms with Crippen molar-refractivity contribution in [1.29, 1.82) is 0 Å². The number of aryl methyl sites for hydroxylation is 1. The third-order valence-corrected chi connectivity index (χ3v) is 5.93. The normalized spacial score (nSPS) is 11.1. The molecule has 0 aromatic heterocycles. The maximum Gasteiger partial charge on any atom is 0.262 e. The molecule has 0 saturated carbocycles. The molecule has 0 bridgehead atoms. The monoisotopic (exact) mass is 424 g/mol. The molecule has 6 nitrogen and oxygen atoms in total. The Morgan fingerprint density at radius 3 is 2.30 bits per heavy atom. The molecule has 0 atom stereocenters. The van der Waals surface area contributed by atoms with E-state index >= 15 is 0 Å². The smallest absolute Gasteiger partial charge is 0.262 e. The van der Waals surface area contributed by atoms with Crippen LogP contribution in [0.4, 0.5) is 5.69 Å². The van der Waals surface area contributed by atoms with Gasteiger partial charge in [-0.2, -0.15) is 0 Å². The first kappa shape index (κ1) is 21.5. The minimum Gasteiger partial charge on any atom is -0.375 e. The number of nitrogens with one attached hydrogen (secondary N) is 2. The number of hydrogen-bond donors (Lipinski definition) is 2. The molecule has 3 aromatic rings. The number of ether oxygens (including phenoxy) is 1. The lowest BCUT2D eigenvalue weighted by Gasteiger charge is -2.12. The van der Waals surface area contributed by atoms with Crippen LogP contribution < -0.4 is 10.0 Å². The van der Waals surface area contributed by atoms with E-state index in [4.69, 9.17) is 4.74 Å². The van der Waals surface area contributed by atoms with E-state index < -0.39 is 10.0 Å². The van der Waals surface area contributed by atoms with Crippen molar-refractivity contribution in [3.05, 3.63) is 95.6 Å². The zero-order valence-electron chi connectivity index (χ0n) is 16.7. The summed E-state index contributed by atoms with van der Waals surface area (Å²) in [7, 11) is -3.81. The van der Waals surface area contributed by atoms with Crippen molar-refractivity contribution in [1.82, 2.24) is 5.32 Å². The van der Waals surface area contributed by atoms with Gasteiger partial charge < -0.3 is 10.1 Å². The number of hydrogen-bond acceptors (Lipinski definition) is 4. The van der Waals surface area contributed by atoms with Gasteiger partial charge in [0.15, 0.2) is 0 Å². The zero-order chi connectivity index (χ0) is 21.4. The van der Waals surface area contributed by atoms with Crippen LogP contribution in [0.1, 0.15) is 21.5 Å². The molecule has 0 heterocycles. The average Bonchev–Trinajstić information content (AvgIpc) is 2.74. The first-order valence-electron chi connectivity index (χ1n) is 9.54. The Labute approximate surface area is 177 Å². The largest absolute Gasteiger partial charge is 0.375 e. The van der Waals surface area contributed by atoms with Gasteiger partial charge in [-0.25, -0.2) is 8.42 Å². The Kier molecular flexibility index (Phi) is 7.21. The third-order valence-electron chi connectivity index (χ3n) is 4.41. The molecule has 0 radical (unpaired) electrons. The topological polar surface area (TPSA) is 84.5 Å². The molecule has 0 saturated heterocycles. The van der Waals surface area contributed by atoms with Gasteiger partial charge in [-0.3, -0.25) is 9.52 Å². The standard InChI is InChI=1S/C23H24N2O4S/c1-18-12-13-20(16-22(18)30(27,28)25-21-10-6-3-7-11-21)23(26)24-14-15-29-17-19-8-4-2-5-9-19/h2-13,16,25H,14-15,17H2,1H3,(H,24,26). The van der Waals surface area contributed by atoms with E-state index in [1.54, 1.807) is 49.4 Å². The summed E-state index contributed by atoms with van der Waals surface area (Å²) in [6, 6.07) is 23.0. The predicted octanol–water partition coefficient (Wildman–Crippen LogP) is 3.74. The highest BCUT2D eigenvalue weighted by atomic mass is 32.2. The summed E-state index contributed by atoms with van der Waals surface area (Å²) in [5.74, 6) is -0.352. The summed E-state index contributed by atoms with van der Waals surface area (Å²) in [6.45, 7) is 2.84. The molecule has 0 unspecified atom stereocenters. The minimum atomic E-state index is -3.81. The van der Waals surface area contributed by atoms with Crippen LogP contribution in [0.25, 0.3) is 0 Å². The second-order valence-corrected chi connectivity index (χ2v) is 8.40. The molecule has 156 valence electrons. The predicted molar refractivity (Wildman–Crippen MR) is 117 cm³/mol. The van der Waals surface area contributed by atoms with Gasteiger partial charge in [-0.05, 0) is 42.3 Å². The van der Waals surface area contributed by atoms with Crippen LogP contribution in [-0.4, -0.2) is 27.5 Å². The summed E-state index contributed by atoms with van der Waals surface area (Å²) >= 11 is 0. The van der Waals surface area contributed by atoms with Crippen LogP contribution in [0, 0.1) is 6.92 Å². The fourth-order valence-corrected chi connectivity index (χ4v) is 4.18. The average molecular weight is 425 g/mol. The van der Waals surface area contributed by atoms with Crippen molar-refractivity contribution in [3.8, 4) is 0 Å². The number of anilines is 1. The SMILES string of the molecule is Cc1ccc(C(=O)NCCOCc2ccccc2)cc1S(=O)(=O)Nc1ccccc1. The number of rotatable bonds is 9. The molecule has 0 aliphatic heterocycles. The van der Waals surface area contributed by atoms with Crippen molar-refractivity contribution in [3.63, 3.8) is 0 Å². The second kappa shape index (κ2) is 10.0.